The highest BCUT2D eigenvalue weighted by Crippen LogP contribution is 2.59. The number of unbranched alkanes of at least 4 members (excludes halogenated alkanes) is 1. The van der Waals surface area contributed by atoms with E-state index in [1.54, 1.807) is 18.3 Å². The average Bonchev–Trinajstić information content (AvgIpc) is 1.64. The van der Waals surface area contributed by atoms with Crippen molar-refractivity contribution in [3.63, 3.8) is 0 Å². The molecule has 9 rings (SSSR count). The standard InChI is InChI=1S/C66H79F2N8O12PS/c1-38(43-18-25-48(26-19-43)66(67,68)89(85,86)87)32-56(80)71-51-27-22-44-11-9-12-46-33-53(76(57(44)46)62(51)83)60(81)72-50(28-29-54(69)78)40(3)88-36-42-16-14-41(15-17-42)10-7-8-13-55(79)73-59(64(4,5)6)63(84)75-35-49(77)34-52(75)61(82)74-65(30-31-65)47-23-20-45(21-24-47)58-39(2)70-37-90-58/h9,11-12,14-21,23-26,32,37,40,49-53,59,77H,7-8,10,13,22,27-31,33-36H2,1-6H3,(H2,69,78)(H,71,80)(H,72,81)(H,73,79)(H,74,82)(H2,85,86,87)/b38-32+/t40-,49-,50+,51+,52+,53+,59-/m1/s1. The highest BCUT2D eigenvalue weighted by atomic mass is 32.1. The molecule has 0 bridgehead atoms. The number of aryl methyl sites for hydroxylation is 3. The number of ether oxygens (including phenoxy) is 1. The molecule has 480 valence electrons. The molecular weight excluding hydrogens is 1200 g/mol. The third kappa shape index (κ3) is 15.4. The van der Waals surface area contributed by atoms with Crippen LogP contribution in [-0.2, 0) is 79.9 Å². The summed E-state index contributed by atoms with van der Waals surface area (Å²) in [5.74, 6) is -3.33. The van der Waals surface area contributed by atoms with Crippen LogP contribution in [0.2, 0.25) is 0 Å². The van der Waals surface area contributed by atoms with Crippen molar-refractivity contribution in [2.75, 3.05) is 11.4 Å². The second-order valence-corrected chi connectivity index (χ2v) is 27.8. The van der Waals surface area contributed by atoms with Gasteiger partial charge in [-0.05, 0) is 122 Å². The second-order valence-electron chi connectivity index (χ2n) is 25.3. The molecule has 24 heteroatoms. The normalized spacial score (nSPS) is 19.9. The van der Waals surface area contributed by atoms with Gasteiger partial charge in [-0.25, -0.2) is 4.98 Å². The average molecular weight is 1280 g/mol. The van der Waals surface area contributed by atoms with Crippen molar-refractivity contribution in [1.29, 1.82) is 0 Å². The van der Waals surface area contributed by atoms with E-state index in [1.807, 2.05) is 99.9 Å². The molecule has 1 saturated heterocycles. The van der Waals surface area contributed by atoms with Crippen molar-refractivity contribution in [3.05, 3.63) is 147 Å². The van der Waals surface area contributed by atoms with E-state index in [0.717, 1.165) is 68.9 Å². The summed E-state index contributed by atoms with van der Waals surface area (Å²) in [6, 6.07) is 20.9. The third-order valence-electron chi connectivity index (χ3n) is 17.5. The van der Waals surface area contributed by atoms with Gasteiger partial charge in [0.2, 0.25) is 41.4 Å². The molecule has 1 saturated carbocycles. The number of halogens is 2. The zero-order valence-electron chi connectivity index (χ0n) is 51.3. The molecule has 0 spiro atoms. The van der Waals surface area contributed by atoms with Gasteiger partial charge in [-0.1, -0.05) is 112 Å². The number of carbonyl (C=O) groups excluding carboxylic acids is 7. The number of aromatic nitrogens is 1. The zero-order valence-corrected chi connectivity index (χ0v) is 53.0. The molecule has 5 aromatic rings. The Morgan fingerprint density at radius 3 is 2.21 bits per heavy atom. The van der Waals surface area contributed by atoms with Gasteiger partial charge in [-0.15, -0.1) is 11.3 Å². The number of nitrogens with two attached hydrogens (primary N) is 1. The van der Waals surface area contributed by atoms with Crippen LogP contribution in [0.15, 0.2) is 103 Å². The molecule has 0 unspecified atom stereocenters. The molecule has 2 fully saturated rings. The van der Waals surface area contributed by atoms with E-state index in [4.69, 9.17) is 20.3 Å². The number of allylic oxidation sites excluding steroid dienone is 1. The summed E-state index contributed by atoms with van der Waals surface area (Å²) in [6.07, 6.45) is 4.11. The molecule has 3 aliphatic heterocycles. The number of amides is 7. The van der Waals surface area contributed by atoms with Crippen molar-refractivity contribution in [2.45, 2.75) is 179 Å². The summed E-state index contributed by atoms with van der Waals surface area (Å²) in [4.78, 5) is 123. The maximum Gasteiger partial charge on any atom is 0.399 e. The number of nitrogens with one attached hydrogen (secondary N) is 4. The van der Waals surface area contributed by atoms with Crippen LogP contribution in [0, 0.1) is 12.3 Å². The van der Waals surface area contributed by atoms with Crippen molar-refractivity contribution >= 4 is 71.5 Å². The fourth-order valence-electron chi connectivity index (χ4n) is 12.1. The number of primary amides is 1. The number of rotatable bonds is 25. The minimum Gasteiger partial charge on any atom is -0.391 e. The number of nitrogens with zero attached hydrogens (tertiary/aromatic N) is 3. The van der Waals surface area contributed by atoms with Gasteiger partial charge in [-0.3, -0.25) is 43.0 Å². The van der Waals surface area contributed by atoms with Crippen LogP contribution in [-0.4, -0.2) is 115 Å². The summed E-state index contributed by atoms with van der Waals surface area (Å²) >= 11 is 1.57. The van der Waals surface area contributed by atoms with E-state index in [2.05, 4.69) is 26.3 Å². The Balaban J connectivity index is 0.750. The van der Waals surface area contributed by atoms with Gasteiger partial charge >= 0.3 is 13.3 Å². The molecule has 9 N–H and O–H groups in total. The van der Waals surface area contributed by atoms with Gasteiger partial charge in [0.1, 0.15) is 24.2 Å². The fraction of sp³-hybridized carbons (Fsp3) is 0.455. The van der Waals surface area contributed by atoms with Crippen LogP contribution in [0.4, 0.5) is 14.5 Å². The quantitative estimate of drug-likeness (QED) is 0.0160. The first kappa shape index (κ1) is 66.9. The van der Waals surface area contributed by atoms with E-state index < -0.39 is 102 Å². The second kappa shape index (κ2) is 27.5. The van der Waals surface area contributed by atoms with E-state index in [1.165, 1.54) is 34.9 Å². The van der Waals surface area contributed by atoms with Gasteiger partial charge in [0.15, 0.2) is 0 Å². The Morgan fingerprint density at radius 1 is 0.900 bits per heavy atom. The molecule has 7 amide bonds. The molecule has 1 aliphatic carbocycles. The number of likely N-dealkylation sites (tertiary alicyclic amines) is 1. The Labute approximate surface area is 526 Å². The number of anilines is 1. The van der Waals surface area contributed by atoms with Crippen LogP contribution in [0.25, 0.3) is 16.0 Å². The van der Waals surface area contributed by atoms with E-state index in [0.29, 0.717) is 42.5 Å². The van der Waals surface area contributed by atoms with Crippen LogP contribution < -0.4 is 31.9 Å². The van der Waals surface area contributed by atoms with Crippen LogP contribution in [0.3, 0.4) is 0 Å². The zero-order chi connectivity index (χ0) is 65.0. The Hall–Kier alpha value is -7.53. The maximum absolute atomic E-state index is 14.5. The Morgan fingerprint density at radius 2 is 1.58 bits per heavy atom. The lowest BCUT2D eigenvalue weighted by molar-refractivity contribution is -0.144. The molecule has 4 heterocycles. The van der Waals surface area contributed by atoms with Gasteiger partial charge < -0.3 is 51.5 Å². The van der Waals surface area contributed by atoms with E-state index in [9.17, 15) is 52.0 Å². The summed E-state index contributed by atoms with van der Waals surface area (Å²) in [5.41, 5.74) is 8.45. The number of aliphatic hydroxyl groups excluding tert-OH is 1. The van der Waals surface area contributed by atoms with Gasteiger partial charge in [0, 0.05) is 43.9 Å². The predicted octanol–water partition coefficient (Wildman–Crippen LogP) is 7.50. The highest BCUT2D eigenvalue weighted by Gasteiger charge is 2.52. The van der Waals surface area contributed by atoms with E-state index in [-0.39, 0.29) is 63.5 Å². The lowest BCUT2D eigenvalue weighted by Crippen LogP contribution is -2.58. The van der Waals surface area contributed by atoms with Crippen LogP contribution in [0.5, 0.6) is 0 Å². The number of aliphatic hydroxyl groups is 1. The van der Waals surface area contributed by atoms with Crippen molar-refractivity contribution in [1.82, 2.24) is 31.2 Å². The number of alkyl halides is 2. The first-order valence-corrected chi connectivity index (χ1v) is 32.9. The van der Waals surface area contributed by atoms with Crippen LogP contribution >= 0.6 is 18.9 Å². The molecule has 90 heavy (non-hydrogen) atoms. The molecular formula is C66H79F2N8O12PS. The number of para-hydroxylation sites is 1. The van der Waals surface area contributed by atoms with Crippen molar-refractivity contribution in [3.8, 4) is 10.4 Å². The summed E-state index contributed by atoms with van der Waals surface area (Å²) in [7, 11) is -5.79. The Kier molecular flexibility index (Phi) is 20.4. The number of benzene rings is 4. The molecule has 20 nitrogen and oxygen atoms in total. The SMILES string of the molecule is C/C(=C\C(=O)N[C@H]1CCc2cccc3c2N(C1=O)[C@H](C(=O)N[C@@H](CCC(N)=O)[C@@H](C)OCc1ccc(CCCCC(=O)N[C@H](C(=O)N2C[C@H](O)C[C@H]2C(=O)NC2(c4ccc(-c5scnc5C)cc4)CC2)C(C)(C)C)cc1)C3)c1ccc(C(F)(F)P(=O)(O)O)cc1. The van der Waals surface area contributed by atoms with Gasteiger partial charge in [-0.2, -0.15) is 8.78 Å². The first-order valence-electron chi connectivity index (χ1n) is 30.4. The number of hydrogen-bond acceptors (Lipinski definition) is 12. The minimum absolute atomic E-state index is 0.0265. The van der Waals surface area contributed by atoms with Gasteiger partial charge in [0.25, 0.3) is 0 Å². The van der Waals surface area contributed by atoms with E-state index >= 15 is 0 Å². The summed E-state index contributed by atoms with van der Waals surface area (Å²) < 4.78 is 46.3. The smallest absolute Gasteiger partial charge is 0.391 e. The predicted molar refractivity (Wildman–Crippen MR) is 335 cm³/mol. The lowest BCUT2D eigenvalue weighted by atomic mass is 9.85. The summed E-state index contributed by atoms with van der Waals surface area (Å²) in [6.45, 7) is 11.0. The highest BCUT2D eigenvalue weighted by molar-refractivity contribution is 7.52. The molecule has 4 aliphatic rings. The molecule has 4 aromatic carbocycles. The molecule has 1 aromatic heterocycles. The Bertz CT molecular complexity index is 3590. The minimum atomic E-state index is -5.79. The first-order chi connectivity index (χ1) is 42.5. The topological polar surface area (TPSA) is 300 Å². The van der Waals surface area contributed by atoms with Crippen molar-refractivity contribution in [2.24, 2.45) is 11.1 Å². The number of thiazole rings is 1. The van der Waals surface area contributed by atoms with Crippen LogP contribution in [0.1, 0.15) is 137 Å². The largest absolute Gasteiger partial charge is 0.399 e. The lowest BCUT2D eigenvalue weighted by Gasteiger charge is -2.35. The molecule has 7 atom stereocenters. The maximum atomic E-state index is 14.5. The molecule has 0 radical (unpaired) electrons. The summed E-state index contributed by atoms with van der Waals surface area (Å²) in [5, 5.41) is 22.8. The third-order valence-corrected chi connectivity index (χ3v) is 19.5. The monoisotopic (exact) mass is 1280 g/mol. The van der Waals surface area contributed by atoms with Gasteiger partial charge in [0.05, 0.1) is 52.2 Å². The van der Waals surface area contributed by atoms with Crippen molar-refractivity contribution < 1.29 is 66.5 Å². The number of carbonyl (C=O) groups is 7. The fourth-order valence-corrected chi connectivity index (χ4v) is 13.4. The number of hydrogen-bond donors (Lipinski definition) is 8. The number of β-amino-alcohol motifs (C(OH)–C–C–N with tert-alkyl or cyclic N) is 1.